The number of hydrogen-bond acceptors (Lipinski definition) is 8. The number of anilines is 1. The fourth-order valence-electron chi connectivity index (χ4n) is 8.11. The van der Waals surface area contributed by atoms with Crippen LogP contribution in [0, 0.1) is 0 Å². The lowest BCUT2D eigenvalue weighted by atomic mass is 9.99. The number of fused-ring (bicyclic) bond motifs is 1. The Kier molecular flexibility index (Phi) is 19.6. The topological polar surface area (TPSA) is 239 Å². The number of phenols is 3. The van der Waals surface area contributed by atoms with Gasteiger partial charge in [0, 0.05) is 6.92 Å². The maximum absolute atomic E-state index is 11.3. The van der Waals surface area contributed by atoms with Crippen molar-refractivity contribution < 1.29 is 59.7 Å². The number of carbonyl (C=O) groups is 5. The Bertz CT molecular complexity index is 3910. The van der Waals surface area contributed by atoms with Crippen molar-refractivity contribution in [2.24, 2.45) is 0 Å². The highest BCUT2D eigenvalue weighted by Crippen LogP contribution is 2.31. The molecular formula is C68H53NO12. The molecule has 0 aliphatic carbocycles. The molecule has 0 bridgehead atoms. The van der Waals surface area contributed by atoms with Crippen LogP contribution in [0.25, 0.3) is 68.5 Å². The van der Waals surface area contributed by atoms with Crippen LogP contribution in [0.2, 0.25) is 0 Å². The van der Waals surface area contributed by atoms with Crippen LogP contribution >= 0.6 is 0 Å². The van der Waals surface area contributed by atoms with Gasteiger partial charge in [0.15, 0.2) is 0 Å². The van der Waals surface area contributed by atoms with Crippen molar-refractivity contribution in [2.45, 2.75) is 6.92 Å². The van der Waals surface area contributed by atoms with Crippen molar-refractivity contribution in [2.75, 3.05) is 5.32 Å². The third kappa shape index (κ3) is 16.4. The molecule has 0 radical (unpaired) electrons. The third-order valence-electron chi connectivity index (χ3n) is 12.2. The molecule has 1 amide bonds. The molecule has 0 saturated carbocycles. The van der Waals surface area contributed by atoms with Gasteiger partial charge in [0.25, 0.3) is 0 Å². The number of aromatic carboxylic acids is 4. The van der Waals surface area contributed by atoms with Crippen LogP contribution in [-0.2, 0) is 4.79 Å². The Morgan fingerprint density at radius 2 is 0.642 bits per heavy atom. The van der Waals surface area contributed by atoms with E-state index in [1.54, 1.807) is 36.4 Å². The highest BCUT2D eigenvalue weighted by Gasteiger charge is 2.14. The molecular weight excluding hydrogens is 1020 g/mol. The van der Waals surface area contributed by atoms with Crippen LogP contribution in [0.5, 0.6) is 17.2 Å². The predicted molar refractivity (Wildman–Crippen MR) is 317 cm³/mol. The summed E-state index contributed by atoms with van der Waals surface area (Å²) in [5.74, 6) is -5.45. The maximum atomic E-state index is 11.3. The van der Waals surface area contributed by atoms with Gasteiger partial charge in [0.05, 0.1) is 11.3 Å². The van der Waals surface area contributed by atoms with Crippen LogP contribution in [0.3, 0.4) is 0 Å². The number of nitrogens with one attached hydrogen (secondary N) is 1. The second-order valence-electron chi connectivity index (χ2n) is 17.9. The number of carboxylic acid groups (broad SMARTS) is 4. The number of carbonyl (C=O) groups excluding carboxylic acids is 1. The number of aromatic hydroxyl groups is 3. The molecule has 10 aromatic carbocycles. The SMILES string of the molecule is CC(=O)Nc1ccc(/C=C/c2ccccc2)cc1C(=O)O.O=C(O)c1cc(-c2ccc(-c3ccccc3)cc2)ccc1O.O=C(O)c1cc(-c2ccc3ccccc3c2)ccc1O.O=C(O)c1cc(/C=C/c2ccccc2)ccc1O. The largest absolute Gasteiger partial charge is 0.507 e. The van der Waals surface area contributed by atoms with Crippen LogP contribution in [0.1, 0.15) is 70.6 Å². The molecule has 10 rings (SSSR count). The van der Waals surface area contributed by atoms with Crippen LogP contribution in [-0.4, -0.2) is 65.5 Å². The van der Waals surface area contributed by atoms with Crippen molar-refractivity contribution in [3.05, 3.63) is 275 Å². The summed E-state index contributed by atoms with van der Waals surface area (Å²) in [6.45, 7) is 1.34. The monoisotopic (exact) mass is 1080 g/mol. The molecule has 0 fully saturated rings. The lowest BCUT2D eigenvalue weighted by Crippen LogP contribution is -2.10. The first-order chi connectivity index (χ1) is 39.0. The highest BCUT2D eigenvalue weighted by atomic mass is 16.4. The standard InChI is InChI=1S/C19H14O3.C17H15NO3.C17H12O3.C15H12O3/c20-18-11-10-16(12-17(18)19(21)22)15-8-6-14(7-9-15)13-4-2-1-3-5-13;1-12(19)18-16-10-9-14(11-15(16)17(20)21)8-7-13-5-3-2-4-6-13;18-16-8-7-14(10-15(16)17(19)20)13-6-5-11-3-1-2-4-12(11)9-13;16-14-9-8-12(10-13(14)15(17)18)7-6-11-4-2-1-3-5-11/h1-12,20H,(H,21,22);2-11H,1H3,(H,18,19)(H,20,21);1-10,18H,(H,19,20);1-10,16H,(H,17,18)/b;8-7+;;7-6+. The number of benzene rings is 10. The van der Waals surface area contributed by atoms with E-state index in [9.17, 15) is 44.4 Å². The van der Waals surface area contributed by atoms with Gasteiger partial charge < -0.3 is 41.1 Å². The summed E-state index contributed by atoms with van der Waals surface area (Å²) in [6.07, 6.45) is 7.43. The summed E-state index contributed by atoms with van der Waals surface area (Å²) in [7, 11) is 0. The van der Waals surface area contributed by atoms with E-state index >= 15 is 0 Å². The van der Waals surface area contributed by atoms with Gasteiger partial charge in [-0.15, -0.1) is 0 Å². The fourth-order valence-corrected chi connectivity index (χ4v) is 8.11. The van der Waals surface area contributed by atoms with E-state index in [1.807, 2.05) is 176 Å². The zero-order chi connectivity index (χ0) is 57.8. The van der Waals surface area contributed by atoms with Crippen LogP contribution in [0.15, 0.2) is 231 Å². The van der Waals surface area contributed by atoms with E-state index in [-0.39, 0.29) is 45.4 Å². The third-order valence-corrected chi connectivity index (χ3v) is 12.2. The van der Waals surface area contributed by atoms with Gasteiger partial charge >= 0.3 is 23.9 Å². The Morgan fingerprint density at radius 3 is 1.12 bits per heavy atom. The highest BCUT2D eigenvalue weighted by molar-refractivity contribution is 6.01. The zero-order valence-corrected chi connectivity index (χ0v) is 43.4. The molecule has 8 N–H and O–H groups in total. The van der Waals surface area contributed by atoms with E-state index in [4.69, 9.17) is 15.3 Å². The van der Waals surface area contributed by atoms with Crippen molar-refractivity contribution in [1.82, 2.24) is 0 Å². The molecule has 13 heteroatoms. The first-order valence-electron chi connectivity index (χ1n) is 25.0. The number of hydrogen-bond donors (Lipinski definition) is 8. The fraction of sp³-hybridized carbons (Fsp3) is 0.0147. The molecule has 0 atom stereocenters. The van der Waals surface area contributed by atoms with E-state index in [0.29, 0.717) is 5.69 Å². The van der Waals surface area contributed by atoms with Crippen molar-refractivity contribution in [3.8, 4) is 50.6 Å². The molecule has 0 spiro atoms. The van der Waals surface area contributed by atoms with Gasteiger partial charge in [-0.1, -0.05) is 200 Å². The Balaban J connectivity index is 0.000000156. The molecule has 0 unspecified atom stereocenters. The molecule has 0 saturated heterocycles. The summed E-state index contributed by atoms with van der Waals surface area (Å²) >= 11 is 0. The summed E-state index contributed by atoms with van der Waals surface area (Å²) in [5, 5.41) is 69.5. The van der Waals surface area contributed by atoms with Crippen LogP contribution < -0.4 is 5.32 Å². The minimum absolute atomic E-state index is 0.0698. The Labute approximate surface area is 466 Å². The molecule has 0 aromatic heterocycles. The lowest BCUT2D eigenvalue weighted by molar-refractivity contribution is -0.114. The lowest BCUT2D eigenvalue weighted by Gasteiger charge is -2.07. The molecule has 13 nitrogen and oxygen atoms in total. The molecule has 0 aliphatic rings. The van der Waals surface area contributed by atoms with E-state index in [2.05, 4.69) is 5.32 Å². The first-order valence-corrected chi connectivity index (χ1v) is 25.0. The van der Waals surface area contributed by atoms with Gasteiger partial charge in [0.1, 0.15) is 33.9 Å². The number of rotatable bonds is 12. The first kappa shape index (κ1) is 57.4. The maximum Gasteiger partial charge on any atom is 0.339 e. The summed E-state index contributed by atoms with van der Waals surface area (Å²) < 4.78 is 0. The van der Waals surface area contributed by atoms with Gasteiger partial charge in [0.2, 0.25) is 5.91 Å². The van der Waals surface area contributed by atoms with Crippen molar-refractivity contribution in [3.63, 3.8) is 0 Å². The van der Waals surface area contributed by atoms with Gasteiger partial charge in [-0.2, -0.15) is 0 Å². The minimum atomic E-state index is -1.14. The number of amides is 1. The second kappa shape index (κ2) is 27.6. The number of carboxylic acids is 4. The smallest absolute Gasteiger partial charge is 0.339 e. The predicted octanol–water partition coefficient (Wildman–Crippen LogP) is 15.1. The second-order valence-corrected chi connectivity index (χ2v) is 17.9. The van der Waals surface area contributed by atoms with Gasteiger partial charge in [-0.3, -0.25) is 4.79 Å². The van der Waals surface area contributed by atoms with E-state index < -0.39 is 23.9 Å². The van der Waals surface area contributed by atoms with Gasteiger partial charge in [-0.25, -0.2) is 19.2 Å². The summed E-state index contributed by atoms with van der Waals surface area (Å²) in [6, 6.07) is 69.8. The normalized spacial score (nSPS) is 10.5. The molecule has 0 aliphatic heterocycles. The van der Waals surface area contributed by atoms with E-state index in [0.717, 1.165) is 66.4 Å². The molecule has 402 valence electrons. The van der Waals surface area contributed by atoms with E-state index in [1.165, 1.54) is 49.4 Å². The van der Waals surface area contributed by atoms with Gasteiger partial charge in [-0.05, 0) is 121 Å². The molecule has 0 heterocycles. The Hall–Kier alpha value is -11.3. The quantitative estimate of drug-likeness (QED) is 0.0533. The minimum Gasteiger partial charge on any atom is -0.507 e. The summed E-state index contributed by atoms with van der Waals surface area (Å²) in [5.41, 5.74) is 9.22. The average molecular weight is 1080 g/mol. The van der Waals surface area contributed by atoms with Crippen molar-refractivity contribution >= 4 is 70.5 Å². The Morgan fingerprint density at radius 1 is 0.309 bits per heavy atom. The zero-order valence-electron chi connectivity index (χ0n) is 43.4. The molecule has 81 heavy (non-hydrogen) atoms. The molecule has 10 aromatic rings. The average Bonchev–Trinajstić information content (AvgIpc) is 3.50. The van der Waals surface area contributed by atoms with Crippen LogP contribution in [0.4, 0.5) is 5.69 Å². The van der Waals surface area contributed by atoms with Crippen molar-refractivity contribution in [1.29, 1.82) is 0 Å². The summed E-state index contributed by atoms with van der Waals surface area (Å²) in [4.78, 5) is 55.3.